The lowest BCUT2D eigenvalue weighted by molar-refractivity contribution is 0.509. The summed E-state index contributed by atoms with van der Waals surface area (Å²) in [6.07, 6.45) is 0.980. The van der Waals surface area contributed by atoms with Crippen LogP contribution in [0.4, 0.5) is 0 Å². The van der Waals surface area contributed by atoms with Crippen LogP contribution in [0.2, 0.25) is 5.02 Å². The Labute approximate surface area is 114 Å². The first kappa shape index (κ1) is 15.5. The zero-order valence-corrected chi connectivity index (χ0v) is 12.6. The molecule has 102 valence electrons. The zero-order valence-electron chi connectivity index (χ0n) is 11.0. The molecule has 0 saturated carbocycles. The lowest BCUT2D eigenvalue weighted by atomic mass is 10.2. The monoisotopic (exact) mass is 289 g/mol. The molecule has 1 aromatic rings. The van der Waals surface area contributed by atoms with Gasteiger partial charge in [-0.1, -0.05) is 24.6 Å². The number of hydrogen-bond acceptors (Lipinski definition) is 3. The molecule has 3 nitrogen and oxygen atoms in total. The van der Waals surface area contributed by atoms with E-state index in [-0.39, 0.29) is 10.9 Å². The number of nitrogens with one attached hydrogen (secondary N) is 1. The highest BCUT2D eigenvalue weighted by Crippen LogP contribution is 2.21. The van der Waals surface area contributed by atoms with E-state index in [9.17, 15) is 8.42 Å². The Morgan fingerprint density at radius 1 is 1.33 bits per heavy atom. The SMILES string of the molecule is CCCNC(C)C(C)S(=O)(=O)c1cccc(Cl)c1. The molecular formula is C13H20ClNO2S. The Hall–Kier alpha value is -0.580. The Morgan fingerprint density at radius 3 is 2.56 bits per heavy atom. The maximum Gasteiger partial charge on any atom is 0.182 e. The van der Waals surface area contributed by atoms with Crippen molar-refractivity contribution in [1.82, 2.24) is 5.32 Å². The van der Waals surface area contributed by atoms with Crippen LogP contribution in [0.3, 0.4) is 0 Å². The highest BCUT2D eigenvalue weighted by molar-refractivity contribution is 7.92. The Bertz CT molecular complexity index is 488. The topological polar surface area (TPSA) is 46.2 Å². The summed E-state index contributed by atoms with van der Waals surface area (Å²) in [6, 6.07) is 6.33. The summed E-state index contributed by atoms with van der Waals surface area (Å²) in [5.74, 6) is 0. The van der Waals surface area contributed by atoms with Gasteiger partial charge < -0.3 is 5.32 Å². The molecule has 5 heteroatoms. The molecule has 0 amide bonds. The van der Waals surface area contributed by atoms with E-state index in [1.165, 1.54) is 6.07 Å². The number of sulfone groups is 1. The van der Waals surface area contributed by atoms with E-state index in [1.807, 2.05) is 6.92 Å². The van der Waals surface area contributed by atoms with Gasteiger partial charge in [0.05, 0.1) is 10.1 Å². The quantitative estimate of drug-likeness (QED) is 0.876. The summed E-state index contributed by atoms with van der Waals surface area (Å²) in [5.41, 5.74) is 0. The maximum atomic E-state index is 12.4. The molecule has 0 aliphatic carbocycles. The van der Waals surface area contributed by atoms with Crippen LogP contribution >= 0.6 is 11.6 Å². The Balaban J connectivity index is 2.92. The minimum absolute atomic E-state index is 0.0890. The third kappa shape index (κ3) is 3.70. The van der Waals surface area contributed by atoms with Crippen LogP contribution in [0.5, 0.6) is 0 Å². The Kier molecular flexibility index (Phi) is 5.63. The van der Waals surface area contributed by atoms with Gasteiger partial charge in [-0.05, 0) is 45.0 Å². The van der Waals surface area contributed by atoms with Crippen molar-refractivity contribution < 1.29 is 8.42 Å². The van der Waals surface area contributed by atoms with Gasteiger partial charge >= 0.3 is 0 Å². The molecule has 0 aliphatic heterocycles. The van der Waals surface area contributed by atoms with E-state index in [1.54, 1.807) is 25.1 Å². The van der Waals surface area contributed by atoms with E-state index < -0.39 is 15.1 Å². The van der Waals surface area contributed by atoms with Gasteiger partial charge in [0.25, 0.3) is 0 Å². The first-order valence-electron chi connectivity index (χ1n) is 6.12. The fraction of sp³-hybridized carbons (Fsp3) is 0.538. The predicted octanol–water partition coefficient (Wildman–Crippen LogP) is 2.89. The van der Waals surface area contributed by atoms with E-state index in [0.717, 1.165) is 13.0 Å². The van der Waals surface area contributed by atoms with Crippen molar-refractivity contribution in [3.05, 3.63) is 29.3 Å². The summed E-state index contributed by atoms with van der Waals surface area (Å²) >= 11 is 5.84. The standard InChI is InChI=1S/C13H20ClNO2S/c1-4-8-15-10(2)11(3)18(16,17)13-7-5-6-12(14)9-13/h5-7,9-11,15H,4,8H2,1-3H3. The van der Waals surface area contributed by atoms with E-state index in [0.29, 0.717) is 5.02 Å². The van der Waals surface area contributed by atoms with Gasteiger partial charge in [-0.25, -0.2) is 8.42 Å². The lowest BCUT2D eigenvalue weighted by Gasteiger charge is -2.21. The minimum atomic E-state index is -3.34. The van der Waals surface area contributed by atoms with Crippen LogP contribution in [0.1, 0.15) is 27.2 Å². The van der Waals surface area contributed by atoms with Crippen molar-refractivity contribution in [2.45, 2.75) is 43.4 Å². The second-order valence-corrected chi connectivity index (χ2v) is 7.19. The molecule has 0 radical (unpaired) electrons. The van der Waals surface area contributed by atoms with Crippen LogP contribution in [0.15, 0.2) is 29.2 Å². The average Bonchev–Trinajstić information content (AvgIpc) is 2.34. The van der Waals surface area contributed by atoms with Crippen molar-refractivity contribution in [2.24, 2.45) is 0 Å². The number of benzene rings is 1. The molecule has 0 saturated heterocycles. The first-order valence-corrected chi connectivity index (χ1v) is 8.05. The molecule has 1 aromatic carbocycles. The molecule has 1 rings (SSSR count). The number of hydrogen-bond donors (Lipinski definition) is 1. The second-order valence-electron chi connectivity index (χ2n) is 4.45. The van der Waals surface area contributed by atoms with Crippen LogP contribution in [-0.2, 0) is 9.84 Å². The summed E-state index contributed by atoms with van der Waals surface area (Å²) in [6.45, 7) is 6.48. The molecule has 2 unspecified atom stereocenters. The molecule has 0 heterocycles. The molecule has 0 aliphatic rings. The van der Waals surface area contributed by atoms with Gasteiger partial charge in [0.15, 0.2) is 9.84 Å². The zero-order chi connectivity index (χ0) is 13.8. The molecule has 18 heavy (non-hydrogen) atoms. The fourth-order valence-electron chi connectivity index (χ4n) is 1.67. The van der Waals surface area contributed by atoms with Crippen LogP contribution in [-0.4, -0.2) is 26.3 Å². The van der Waals surface area contributed by atoms with Gasteiger partial charge in [-0.2, -0.15) is 0 Å². The fourth-order valence-corrected chi connectivity index (χ4v) is 3.54. The van der Waals surface area contributed by atoms with E-state index in [2.05, 4.69) is 12.2 Å². The van der Waals surface area contributed by atoms with E-state index >= 15 is 0 Å². The van der Waals surface area contributed by atoms with Gasteiger partial charge in [0.2, 0.25) is 0 Å². The first-order chi connectivity index (χ1) is 8.39. The van der Waals surface area contributed by atoms with E-state index in [4.69, 9.17) is 11.6 Å². The van der Waals surface area contributed by atoms with Crippen molar-refractivity contribution in [2.75, 3.05) is 6.54 Å². The smallest absolute Gasteiger partial charge is 0.182 e. The third-order valence-electron chi connectivity index (χ3n) is 3.03. The summed E-state index contributed by atoms with van der Waals surface area (Å²) in [5, 5.41) is 3.17. The van der Waals surface area contributed by atoms with Crippen molar-refractivity contribution >= 4 is 21.4 Å². The lowest BCUT2D eigenvalue weighted by Crippen LogP contribution is -2.40. The van der Waals surface area contributed by atoms with Crippen LogP contribution in [0, 0.1) is 0 Å². The van der Waals surface area contributed by atoms with Crippen molar-refractivity contribution in [1.29, 1.82) is 0 Å². The Morgan fingerprint density at radius 2 is 2.00 bits per heavy atom. The molecule has 2 atom stereocenters. The van der Waals surface area contributed by atoms with Gasteiger partial charge in [-0.3, -0.25) is 0 Å². The molecular weight excluding hydrogens is 270 g/mol. The number of halogens is 1. The van der Waals surface area contributed by atoms with Gasteiger partial charge in [-0.15, -0.1) is 0 Å². The van der Waals surface area contributed by atoms with Crippen molar-refractivity contribution in [3.8, 4) is 0 Å². The normalized spacial score (nSPS) is 15.3. The molecule has 0 fully saturated rings. The third-order valence-corrected chi connectivity index (χ3v) is 5.57. The minimum Gasteiger partial charge on any atom is -0.313 e. The molecule has 1 N–H and O–H groups in total. The summed E-state index contributed by atoms with van der Waals surface area (Å²) in [7, 11) is -3.34. The average molecular weight is 290 g/mol. The highest BCUT2D eigenvalue weighted by Gasteiger charge is 2.27. The van der Waals surface area contributed by atoms with Gasteiger partial charge in [0, 0.05) is 11.1 Å². The van der Waals surface area contributed by atoms with Crippen LogP contribution in [0.25, 0.3) is 0 Å². The summed E-state index contributed by atoms with van der Waals surface area (Å²) < 4.78 is 24.8. The molecule has 0 bridgehead atoms. The summed E-state index contributed by atoms with van der Waals surface area (Å²) in [4.78, 5) is 0.285. The van der Waals surface area contributed by atoms with Crippen molar-refractivity contribution in [3.63, 3.8) is 0 Å². The number of rotatable bonds is 6. The highest BCUT2D eigenvalue weighted by atomic mass is 35.5. The second kappa shape index (κ2) is 6.55. The molecule has 0 spiro atoms. The largest absolute Gasteiger partial charge is 0.313 e. The maximum absolute atomic E-state index is 12.4. The van der Waals surface area contributed by atoms with Crippen LogP contribution < -0.4 is 5.32 Å². The molecule has 0 aromatic heterocycles. The van der Waals surface area contributed by atoms with Gasteiger partial charge in [0.1, 0.15) is 0 Å². The predicted molar refractivity (Wildman–Crippen MR) is 75.9 cm³/mol.